The number of likely N-dealkylation sites (tertiary alicyclic amines) is 2. The zero-order valence-electron chi connectivity index (χ0n) is 34.6. The lowest BCUT2D eigenvalue weighted by molar-refractivity contribution is 0.265. The fraction of sp³-hybridized carbons (Fsp3) is 1.00. The smallest absolute Gasteiger partial charge is 0.00138 e. The van der Waals surface area contributed by atoms with Crippen molar-refractivity contribution in [3.63, 3.8) is 0 Å². The van der Waals surface area contributed by atoms with Gasteiger partial charge in [0.25, 0.3) is 0 Å². The number of hydrogen-bond donors (Lipinski definition) is 0. The summed E-state index contributed by atoms with van der Waals surface area (Å²) in [6.07, 6.45) is 13.7. The van der Waals surface area contributed by atoms with Gasteiger partial charge in [-0.05, 0) is 165 Å². The van der Waals surface area contributed by atoms with Crippen molar-refractivity contribution >= 4 is 0 Å². The zero-order valence-corrected chi connectivity index (χ0v) is 34.6. The molecule has 0 N–H and O–H groups in total. The van der Waals surface area contributed by atoms with Gasteiger partial charge >= 0.3 is 0 Å². The van der Waals surface area contributed by atoms with Gasteiger partial charge in [-0.15, -0.1) is 0 Å². The molecule has 4 nitrogen and oxygen atoms in total. The Hall–Kier alpha value is -0.160. The monoisotopic (exact) mass is 639 g/mol. The first-order valence-corrected chi connectivity index (χ1v) is 19.5. The fourth-order valence-electron chi connectivity index (χ4n) is 5.40. The molecule has 45 heavy (non-hydrogen) atoms. The first kappa shape index (κ1) is 47.0. The van der Waals surface area contributed by atoms with E-state index >= 15 is 0 Å². The van der Waals surface area contributed by atoms with Crippen molar-refractivity contribution in [2.24, 2.45) is 21.7 Å². The molecule has 2 rings (SSSR count). The summed E-state index contributed by atoms with van der Waals surface area (Å²) in [6.45, 7) is 48.5. The summed E-state index contributed by atoms with van der Waals surface area (Å²) in [7, 11) is 2.17. The second-order valence-electron chi connectivity index (χ2n) is 19.0. The maximum Gasteiger partial charge on any atom is -0.00138 e. The molecule has 274 valence electrons. The molecule has 2 heterocycles. The lowest BCUT2D eigenvalue weighted by atomic mass is 9.90. The first-order valence-electron chi connectivity index (χ1n) is 19.5. The molecule has 0 spiro atoms. The van der Waals surface area contributed by atoms with Crippen LogP contribution in [0, 0.1) is 21.7 Å². The molecule has 0 aromatic rings. The molecule has 4 heteroatoms. The van der Waals surface area contributed by atoms with E-state index in [9.17, 15) is 0 Å². The maximum absolute atomic E-state index is 2.60. The van der Waals surface area contributed by atoms with Gasteiger partial charge in [-0.1, -0.05) is 104 Å². The lowest BCUT2D eigenvalue weighted by Gasteiger charge is -2.22. The van der Waals surface area contributed by atoms with Crippen LogP contribution in [0.25, 0.3) is 0 Å². The van der Waals surface area contributed by atoms with Crippen LogP contribution in [-0.4, -0.2) is 98.6 Å². The predicted octanol–water partition coefficient (Wildman–Crippen LogP) is 11.0. The topological polar surface area (TPSA) is 13.0 Å². The van der Waals surface area contributed by atoms with E-state index in [2.05, 4.69) is 131 Å². The number of rotatable bonds is 13. The largest absolute Gasteiger partial charge is 0.307 e. The highest BCUT2D eigenvalue weighted by atomic mass is 15.1. The molecule has 2 fully saturated rings. The van der Waals surface area contributed by atoms with Crippen LogP contribution in [0.15, 0.2) is 0 Å². The highest BCUT2D eigenvalue weighted by molar-refractivity contribution is 4.71. The molecule has 0 radical (unpaired) electrons. The molecule has 0 atom stereocenters. The van der Waals surface area contributed by atoms with Crippen LogP contribution in [0.2, 0.25) is 0 Å². The average Bonchev–Trinajstić information content (AvgIpc) is 3.62. The molecule has 0 amide bonds. The maximum atomic E-state index is 2.60. The summed E-state index contributed by atoms with van der Waals surface area (Å²) < 4.78 is 0. The van der Waals surface area contributed by atoms with Crippen molar-refractivity contribution in [3.8, 4) is 0 Å². The summed E-state index contributed by atoms with van der Waals surface area (Å²) in [6, 6.07) is 0. The van der Waals surface area contributed by atoms with Crippen molar-refractivity contribution in [3.05, 3.63) is 0 Å². The van der Waals surface area contributed by atoms with Gasteiger partial charge in [-0.2, -0.15) is 0 Å². The van der Waals surface area contributed by atoms with Gasteiger partial charge in [0.1, 0.15) is 0 Å². The molecule has 2 saturated heterocycles. The SMILES string of the molecule is CC(C)(C)CCCN1CCCC1.CC(C)(C)CCN1CCCC1.CCN(C)CCC(C)(C)C.CCN(CC)CCCC(C)(C)C. The molecule has 2 aliphatic rings. The molecule has 0 aromatic carbocycles. The van der Waals surface area contributed by atoms with Crippen LogP contribution in [0.5, 0.6) is 0 Å². The molecule has 0 saturated carbocycles. The van der Waals surface area contributed by atoms with Gasteiger partial charge in [0.2, 0.25) is 0 Å². The lowest BCUT2D eigenvalue weighted by Crippen LogP contribution is -2.24. The summed E-state index contributed by atoms with van der Waals surface area (Å²) in [5, 5.41) is 0. The van der Waals surface area contributed by atoms with Crippen molar-refractivity contribution in [2.45, 2.75) is 168 Å². The summed E-state index contributed by atoms with van der Waals surface area (Å²) >= 11 is 0. The van der Waals surface area contributed by atoms with Gasteiger partial charge < -0.3 is 19.6 Å². The Morgan fingerprint density at radius 2 is 0.822 bits per heavy atom. The Balaban J connectivity index is 0. The van der Waals surface area contributed by atoms with Crippen molar-refractivity contribution < 1.29 is 0 Å². The molecule has 0 unspecified atom stereocenters. The third kappa shape index (κ3) is 36.5. The predicted molar refractivity (Wildman–Crippen MR) is 208 cm³/mol. The van der Waals surface area contributed by atoms with E-state index in [1.165, 1.54) is 130 Å². The van der Waals surface area contributed by atoms with Gasteiger partial charge in [0.05, 0.1) is 0 Å². The number of hydrogen-bond acceptors (Lipinski definition) is 4. The molecular formula is C41H90N4. The first-order chi connectivity index (χ1) is 20.6. The van der Waals surface area contributed by atoms with E-state index in [-0.39, 0.29) is 0 Å². The number of nitrogens with zero attached hydrogens (tertiary/aromatic N) is 4. The molecule has 2 aliphatic heterocycles. The molecular weight excluding hydrogens is 548 g/mol. The standard InChI is InChI=1S/C11H23N.C11H25N.C10H21N.C9H21N/c1-11(2,3)7-6-10-12-8-4-5-9-12;1-6-12(7-2)10-8-9-11(3,4)5;1-10(2,3)6-9-11-7-4-5-8-11;1-6-10(5)8-7-9(2,3)4/h4-10H2,1-3H3;6-10H2,1-5H3;4-9H2,1-3H3;6-8H2,1-5H3. The Morgan fingerprint density at radius 3 is 1.18 bits per heavy atom. The zero-order chi connectivity index (χ0) is 35.2. The fourth-order valence-corrected chi connectivity index (χ4v) is 5.40. The minimum Gasteiger partial charge on any atom is -0.307 e. The van der Waals surface area contributed by atoms with Crippen molar-refractivity contribution in [2.75, 3.05) is 79.0 Å². The molecule has 0 aromatic heterocycles. The Bertz CT molecular complexity index is 612. The van der Waals surface area contributed by atoms with Gasteiger partial charge in [0.15, 0.2) is 0 Å². The van der Waals surface area contributed by atoms with Crippen LogP contribution in [0.3, 0.4) is 0 Å². The normalized spacial score (nSPS) is 16.7. The average molecular weight is 639 g/mol. The minimum atomic E-state index is 0.490. The van der Waals surface area contributed by atoms with Crippen LogP contribution in [0.1, 0.15) is 168 Å². The van der Waals surface area contributed by atoms with Crippen molar-refractivity contribution in [1.29, 1.82) is 0 Å². The highest BCUT2D eigenvalue weighted by Crippen LogP contribution is 2.22. The second kappa shape index (κ2) is 24.9. The summed E-state index contributed by atoms with van der Waals surface area (Å²) in [5.41, 5.74) is 2.04. The van der Waals surface area contributed by atoms with E-state index in [1.54, 1.807) is 0 Å². The quantitative estimate of drug-likeness (QED) is 0.199. The minimum absolute atomic E-state index is 0.490. The summed E-state index contributed by atoms with van der Waals surface area (Å²) in [4.78, 5) is 10.0. The van der Waals surface area contributed by atoms with Gasteiger partial charge in [-0.25, -0.2) is 0 Å². The van der Waals surface area contributed by atoms with E-state index in [1.807, 2.05) is 0 Å². The third-order valence-corrected chi connectivity index (χ3v) is 9.06. The van der Waals surface area contributed by atoms with Gasteiger partial charge in [0, 0.05) is 0 Å². The second-order valence-corrected chi connectivity index (χ2v) is 19.0. The van der Waals surface area contributed by atoms with Crippen LogP contribution >= 0.6 is 0 Å². The van der Waals surface area contributed by atoms with Gasteiger partial charge in [-0.3, -0.25) is 0 Å². The van der Waals surface area contributed by atoms with E-state index < -0.39 is 0 Å². The summed E-state index contributed by atoms with van der Waals surface area (Å²) in [5.74, 6) is 0. The van der Waals surface area contributed by atoms with E-state index in [4.69, 9.17) is 0 Å². The van der Waals surface area contributed by atoms with Crippen LogP contribution in [0.4, 0.5) is 0 Å². The van der Waals surface area contributed by atoms with Crippen molar-refractivity contribution in [1.82, 2.24) is 19.6 Å². The Kier molecular flexibility index (Phi) is 26.0. The molecule has 0 bridgehead atoms. The Labute approximate surface area is 287 Å². The Morgan fingerprint density at radius 1 is 0.444 bits per heavy atom. The van der Waals surface area contributed by atoms with E-state index in [0.29, 0.717) is 21.7 Å². The van der Waals surface area contributed by atoms with E-state index in [0.717, 1.165) is 6.54 Å². The third-order valence-electron chi connectivity index (χ3n) is 9.06. The van der Waals surface area contributed by atoms with Crippen LogP contribution in [-0.2, 0) is 0 Å². The highest BCUT2D eigenvalue weighted by Gasteiger charge is 2.16. The van der Waals surface area contributed by atoms with Crippen LogP contribution < -0.4 is 0 Å². The molecule has 0 aliphatic carbocycles.